The Morgan fingerprint density at radius 3 is 1.54 bits per heavy atom. The minimum absolute atomic E-state index is 0.924. The van der Waals surface area contributed by atoms with Crippen molar-refractivity contribution in [1.82, 2.24) is 4.57 Å². The van der Waals surface area contributed by atoms with Gasteiger partial charge in [-0.2, -0.15) is 0 Å². The zero-order valence-electron chi connectivity index (χ0n) is 26.1. The Kier molecular flexibility index (Phi) is 5.91. The number of aromatic nitrogens is 1. The van der Waals surface area contributed by atoms with E-state index in [2.05, 4.69) is 174 Å². The normalized spacial score (nSPS) is 11.8. The lowest BCUT2D eigenvalue weighted by molar-refractivity contribution is 0.672. The second-order valence-electron chi connectivity index (χ2n) is 12.5. The molecule has 2 heteroatoms. The molecule has 224 valence electrons. The van der Waals surface area contributed by atoms with E-state index in [-0.39, 0.29) is 0 Å². The summed E-state index contributed by atoms with van der Waals surface area (Å²) >= 11 is 0. The largest absolute Gasteiger partial charge is 0.455 e. The van der Waals surface area contributed by atoms with Gasteiger partial charge >= 0.3 is 0 Å². The zero-order valence-corrected chi connectivity index (χ0v) is 26.1. The van der Waals surface area contributed by atoms with Crippen molar-refractivity contribution in [3.8, 4) is 39.1 Å². The van der Waals surface area contributed by atoms with E-state index in [0.29, 0.717) is 0 Å². The van der Waals surface area contributed by atoms with Crippen LogP contribution in [0.3, 0.4) is 0 Å². The van der Waals surface area contributed by atoms with Crippen LogP contribution in [-0.4, -0.2) is 4.57 Å². The molecule has 0 aliphatic heterocycles. The fraction of sp³-hybridized carbons (Fsp3) is 0. The maximum Gasteiger partial charge on any atom is 0.143 e. The van der Waals surface area contributed by atoms with Crippen molar-refractivity contribution >= 4 is 54.5 Å². The van der Waals surface area contributed by atoms with Crippen LogP contribution in [0.15, 0.2) is 180 Å². The van der Waals surface area contributed by atoms with E-state index in [4.69, 9.17) is 4.42 Å². The molecule has 2 heterocycles. The van der Waals surface area contributed by atoms with Gasteiger partial charge in [0.15, 0.2) is 0 Å². The highest BCUT2D eigenvalue weighted by Gasteiger charge is 2.18. The van der Waals surface area contributed by atoms with Gasteiger partial charge in [0.25, 0.3) is 0 Å². The van der Waals surface area contributed by atoms with Gasteiger partial charge in [-0.15, -0.1) is 0 Å². The highest BCUT2D eigenvalue weighted by molar-refractivity contribution is 6.26. The summed E-state index contributed by atoms with van der Waals surface area (Å²) in [6.07, 6.45) is 0. The van der Waals surface area contributed by atoms with E-state index in [1.54, 1.807) is 0 Å². The van der Waals surface area contributed by atoms with Crippen LogP contribution >= 0.6 is 0 Å². The molecule has 0 spiro atoms. The lowest BCUT2D eigenvalue weighted by Gasteiger charge is -2.13. The predicted molar refractivity (Wildman–Crippen MR) is 202 cm³/mol. The van der Waals surface area contributed by atoms with Gasteiger partial charge in [-0.3, -0.25) is 0 Å². The highest BCUT2D eigenvalue weighted by Crippen LogP contribution is 2.41. The quantitative estimate of drug-likeness (QED) is 0.194. The molecule has 0 fully saturated rings. The van der Waals surface area contributed by atoms with Crippen LogP contribution in [0.1, 0.15) is 0 Å². The first-order chi connectivity index (χ1) is 23.8. The molecule has 0 bridgehead atoms. The van der Waals surface area contributed by atoms with Gasteiger partial charge in [0.2, 0.25) is 0 Å². The van der Waals surface area contributed by atoms with Crippen LogP contribution in [0.5, 0.6) is 0 Å². The number of para-hydroxylation sites is 2. The van der Waals surface area contributed by atoms with Crippen molar-refractivity contribution in [2.24, 2.45) is 0 Å². The highest BCUT2D eigenvalue weighted by atomic mass is 16.3. The van der Waals surface area contributed by atoms with E-state index >= 15 is 0 Å². The van der Waals surface area contributed by atoms with E-state index in [9.17, 15) is 0 Å². The van der Waals surface area contributed by atoms with Gasteiger partial charge in [0, 0.05) is 32.6 Å². The van der Waals surface area contributed by atoms with Gasteiger partial charge in [-0.05, 0) is 99.4 Å². The van der Waals surface area contributed by atoms with Crippen LogP contribution in [0, 0.1) is 0 Å². The molecule has 10 rings (SSSR count). The minimum atomic E-state index is 0.924. The second-order valence-corrected chi connectivity index (χ2v) is 12.5. The Labute approximate surface area is 277 Å². The summed E-state index contributed by atoms with van der Waals surface area (Å²) in [5, 5.41) is 7.14. The van der Waals surface area contributed by atoms with E-state index in [1.807, 2.05) is 6.07 Å². The van der Waals surface area contributed by atoms with Gasteiger partial charge < -0.3 is 8.98 Å². The van der Waals surface area contributed by atoms with Crippen molar-refractivity contribution in [2.45, 2.75) is 0 Å². The molecular weight excluding hydrogens is 583 g/mol. The summed E-state index contributed by atoms with van der Waals surface area (Å²) in [6.45, 7) is 0. The number of furan rings is 1. The lowest BCUT2D eigenvalue weighted by Crippen LogP contribution is -1.94. The average Bonchev–Trinajstić information content (AvgIpc) is 3.72. The number of rotatable bonds is 4. The Morgan fingerprint density at radius 2 is 0.854 bits per heavy atom. The number of nitrogens with zero attached hydrogens (tertiary/aromatic N) is 1. The molecule has 0 N–H and O–H groups in total. The summed E-state index contributed by atoms with van der Waals surface area (Å²) in [7, 11) is 0. The summed E-state index contributed by atoms with van der Waals surface area (Å²) < 4.78 is 8.84. The smallest absolute Gasteiger partial charge is 0.143 e. The second kappa shape index (κ2) is 10.6. The van der Waals surface area contributed by atoms with E-state index in [0.717, 1.165) is 33.0 Å². The molecule has 0 unspecified atom stereocenters. The number of hydrogen-bond acceptors (Lipinski definition) is 1. The molecule has 48 heavy (non-hydrogen) atoms. The molecule has 0 radical (unpaired) electrons. The van der Waals surface area contributed by atoms with Crippen LogP contribution in [0.25, 0.3) is 93.6 Å². The molecule has 2 nitrogen and oxygen atoms in total. The average molecular weight is 612 g/mol. The van der Waals surface area contributed by atoms with Crippen molar-refractivity contribution < 1.29 is 4.42 Å². The van der Waals surface area contributed by atoms with Crippen LogP contribution < -0.4 is 0 Å². The molecule has 0 aliphatic carbocycles. The number of hydrogen-bond donors (Lipinski definition) is 0. The monoisotopic (exact) mass is 611 g/mol. The third kappa shape index (κ3) is 4.13. The van der Waals surface area contributed by atoms with Gasteiger partial charge in [-0.25, -0.2) is 0 Å². The number of fused-ring (bicyclic) bond motifs is 9. The Hall–Kier alpha value is -6.38. The number of benzene rings is 8. The van der Waals surface area contributed by atoms with Crippen molar-refractivity contribution in [3.63, 3.8) is 0 Å². The van der Waals surface area contributed by atoms with Crippen molar-refractivity contribution in [3.05, 3.63) is 176 Å². The summed E-state index contributed by atoms with van der Waals surface area (Å²) in [6, 6.07) is 63.2. The molecule has 0 saturated carbocycles. The fourth-order valence-corrected chi connectivity index (χ4v) is 7.53. The maximum absolute atomic E-state index is 6.44. The SMILES string of the molecule is c1ccc(-c2cc(-c3ccccc3)cc(-c3ccc(-n4c5ccccc5c5c6ccc7c8ccccc8oc7c6ccc54)cc3)c2)cc1. The van der Waals surface area contributed by atoms with Crippen LogP contribution in [-0.2, 0) is 0 Å². The third-order valence-corrected chi connectivity index (χ3v) is 9.78. The Bertz CT molecular complexity index is 2750. The molecule has 0 atom stereocenters. The maximum atomic E-state index is 6.44. The topological polar surface area (TPSA) is 18.1 Å². The summed E-state index contributed by atoms with van der Waals surface area (Å²) in [5.74, 6) is 0. The fourth-order valence-electron chi connectivity index (χ4n) is 7.53. The third-order valence-electron chi connectivity index (χ3n) is 9.78. The molecule has 10 aromatic rings. The van der Waals surface area contributed by atoms with Gasteiger partial charge in [0.05, 0.1) is 11.0 Å². The zero-order chi connectivity index (χ0) is 31.6. The van der Waals surface area contributed by atoms with Gasteiger partial charge in [-0.1, -0.05) is 115 Å². The molecular formula is C46H29NO. The van der Waals surface area contributed by atoms with E-state index in [1.165, 1.54) is 60.6 Å². The molecule has 2 aromatic heterocycles. The predicted octanol–water partition coefficient (Wildman–Crippen LogP) is 12.8. The Morgan fingerprint density at radius 1 is 0.333 bits per heavy atom. The molecule has 0 aliphatic rings. The first-order valence-corrected chi connectivity index (χ1v) is 16.4. The first kappa shape index (κ1) is 26.8. The van der Waals surface area contributed by atoms with Gasteiger partial charge in [0.1, 0.15) is 11.2 Å². The molecule has 0 saturated heterocycles. The molecule has 0 amide bonds. The van der Waals surface area contributed by atoms with Crippen molar-refractivity contribution in [1.29, 1.82) is 0 Å². The van der Waals surface area contributed by atoms with Crippen LogP contribution in [0.4, 0.5) is 0 Å². The van der Waals surface area contributed by atoms with E-state index < -0.39 is 0 Å². The van der Waals surface area contributed by atoms with Crippen molar-refractivity contribution in [2.75, 3.05) is 0 Å². The summed E-state index contributed by atoms with van der Waals surface area (Å²) in [4.78, 5) is 0. The first-order valence-electron chi connectivity index (χ1n) is 16.4. The standard InChI is InChI=1S/C46H29NO/c1-3-11-30(12-4-1)33-27-34(31-13-5-2-6-14-31)29-35(28-33)32-19-21-36(22-20-32)47-42-17-9-7-16-41(42)45-38-23-24-39-37-15-8-10-18-44(37)48-46(39)40(38)25-26-43(45)47/h1-29H. The summed E-state index contributed by atoms with van der Waals surface area (Å²) in [5.41, 5.74) is 12.6. The minimum Gasteiger partial charge on any atom is -0.455 e. The van der Waals surface area contributed by atoms with Crippen LogP contribution in [0.2, 0.25) is 0 Å². The molecule has 8 aromatic carbocycles. The lowest BCUT2D eigenvalue weighted by atomic mass is 9.93. The Balaban J connectivity index is 1.14.